The average Bonchev–Trinajstić information content (AvgIpc) is 2.74. The topological polar surface area (TPSA) is 92.3 Å². The summed E-state index contributed by atoms with van der Waals surface area (Å²) in [6.45, 7) is 3.82. The molecule has 0 saturated carbocycles. The summed E-state index contributed by atoms with van der Waals surface area (Å²) >= 11 is 0. The fourth-order valence-electron chi connectivity index (χ4n) is 2.16. The molecule has 0 aliphatic heterocycles. The van der Waals surface area contributed by atoms with Gasteiger partial charge < -0.3 is 15.2 Å². The highest BCUT2D eigenvalue weighted by atomic mass is 16.5. The second-order valence-corrected chi connectivity index (χ2v) is 4.75. The molecule has 0 aromatic carbocycles. The zero-order valence-electron chi connectivity index (χ0n) is 12.0. The van der Waals surface area contributed by atoms with Crippen molar-refractivity contribution >= 4 is 23.1 Å². The number of imidazole rings is 1. The maximum Gasteiger partial charge on any atom is 0.329 e. The predicted molar refractivity (Wildman–Crippen MR) is 74.4 cm³/mol. The molecule has 0 radical (unpaired) electrons. The number of rotatable bonds is 4. The Balaban J connectivity index is 2.67. The van der Waals surface area contributed by atoms with Crippen LogP contribution in [0.15, 0.2) is 12.1 Å². The molecule has 0 spiro atoms. The number of esters is 1. The van der Waals surface area contributed by atoms with E-state index in [2.05, 4.69) is 9.97 Å². The number of carbonyl (C=O) groups is 1. The molecule has 2 aromatic rings. The fraction of sp³-hybridized carbons (Fsp3) is 0.462. The Hall–Kier alpha value is -2.31. The summed E-state index contributed by atoms with van der Waals surface area (Å²) in [5.74, 6) is 0.265. The molecule has 0 aliphatic rings. The molecule has 0 amide bonds. The molecule has 108 valence electrons. The van der Waals surface area contributed by atoms with Crippen LogP contribution < -0.4 is 10.5 Å². The number of hydrogen-bond donors (Lipinski definition) is 1. The minimum absolute atomic E-state index is 0.0184. The monoisotopic (exact) mass is 278 g/mol. The lowest BCUT2D eigenvalue weighted by Crippen LogP contribution is -2.27. The molecule has 7 heteroatoms. The lowest BCUT2D eigenvalue weighted by Gasteiger charge is -2.21. The summed E-state index contributed by atoms with van der Waals surface area (Å²) in [5, 5.41) is 0. The van der Waals surface area contributed by atoms with Gasteiger partial charge in [0.1, 0.15) is 11.6 Å². The maximum atomic E-state index is 12.0. The van der Waals surface area contributed by atoms with E-state index in [0.717, 1.165) is 0 Å². The highest BCUT2D eigenvalue weighted by Gasteiger charge is 2.29. The molecule has 0 bridgehead atoms. The van der Waals surface area contributed by atoms with Crippen molar-refractivity contribution in [3.05, 3.63) is 12.1 Å². The Morgan fingerprint density at radius 2 is 2.00 bits per heavy atom. The molecule has 2 heterocycles. The number of nitrogens with two attached hydrogens (primary N) is 1. The van der Waals surface area contributed by atoms with Gasteiger partial charge in [-0.25, -0.2) is 9.78 Å². The Bertz CT molecular complexity index is 636. The molecule has 1 unspecified atom stereocenters. The SMILES string of the molecule is COC(=O)C(C(C)C)n1c(N)nc2ccc(OC)nc21. The lowest BCUT2D eigenvalue weighted by molar-refractivity contribution is -0.145. The number of pyridine rings is 1. The molecule has 0 saturated heterocycles. The van der Waals surface area contributed by atoms with Crippen molar-refractivity contribution in [3.8, 4) is 5.88 Å². The molecule has 2 N–H and O–H groups in total. The number of fused-ring (bicyclic) bond motifs is 1. The van der Waals surface area contributed by atoms with Crippen LogP contribution in [0.2, 0.25) is 0 Å². The van der Waals surface area contributed by atoms with Gasteiger partial charge in [-0.3, -0.25) is 4.57 Å². The van der Waals surface area contributed by atoms with Crippen LogP contribution >= 0.6 is 0 Å². The molecule has 0 fully saturated rings. The first-order valence-corrected chi connectivity index (χ1v) is 6.25. The third-order valence-electron chi connectivity index (χ3n) is 3.10. The van der Waals surface area contributed by atoms with Gasteiger partial charge in [-0.15, -0.1) is 0 Å². The first-order valence-electron chi connectivity index (χ1n) is 6.25. The Morgan fingerprint density at radius 3 is 2.55 bits per heavy atom. The molecular weight excluding hydrogens is 260 g/mol. The number of nitrogen functional groups attached to an aromatic ring is 1. The normalized spacial score (nSPS) is 12.7. The van der Waals surface area contributed by atoms with Gasteiger partial charge in [0.05, 0.1) is 14.2 Å². The van der Waals surface area contributed by atoms with Gasteiger partial charge >= 0.3 is 5.97 Å². The van der Waals surface area contributed by atoms with E-state index >= 15 is 0 Å². The summed E-state index contributed by atoms with van der Waals surface area (Å²) in [7, 11) is 2.87. The van der Waals surface area contributed by atoms with Gasteiger partial charge in [0.25, 0.3) is 0 Å². The van der Waals surface area contributed by atoms with E-state index in [0.29, 0.717) is 17.0 Å². The third-order valence-corrected chi connectivity index (χ3v) is 3.10. The van der Waals surface area contributed by atoms with Gasteiger partial charge in [0, 0.05) is 6.07 Å². The first kappa shape index (κ1) is 14.1. The van der Waals surface area contributed by atoms with Gasteiger partial charge in [0.15, 0.2) is 5.65 Å². The number of anilines is 1. The van der Waals surface area contributed by atoms with Crippen LogP contribution in [-0.2, 0) is 9.53 Å². The molecule has 2 aromatic heterocycles. The smallest absolute Gasteiger partial charge is 0.329 e. The van der Waals surface area contributed by atoms with E-state index in [1.54, 1.807) is 16.7 Å². The number of hydrogen-bond acceptors (Lipinski definition) is 6. The van der Waals surface area contributed by atoms with Gasteiger partial charge in [-0.2, -0.15) is 4.98 Å². The lowest BCUT2D eigenvalue weighted by atomic mass is 10.0. The Kier molecular flexibility index (Phi) is 3.78. The zero-order chi connectivity index (χ0) is 14.9. The number of ether oxygens (including phenoxy) is 2. The predicted octanol–water partition coefficient (Wildman–Crippen LogP) is 1.39. The van der Waals surface area contributed by atoms with E-state index in [-0.39, 0.29) is 17.8 Å². The Morgan fingerprint density at radius 1 is 1.30 bits per heavy atom. The molecule has 0 aliphatic carbocycles. The van der Waals surface area contributed by atoms with Crippen LogP contribution in [0.1, 0.15) is 19.9 Å². The standard InChI is InChI=1S/C13H18N4O3/c1-7(2)10(12(18)20-4)17-11-8(15-13(17)14)5-6-9(16-11)19-3/h5-7,10H,1-4H3,(H2,14,15). The van der Waals surface area contributed by atoms with Gasteiger partial charge in [-0.1, -0.05) is 13.8 Å². The van der Waals surface area contributed by atoms with Crippen LogP contribution in [0.3, 0.4) is 0 Å². The summed E-state index contributed by atoms with van der Waals surface area (Å²) in [5.41, 5.74) is 7.05. The first-order chi connectivity index (χ1) is 9.49. The summed E-state index contributed by atoms with van der Waals surface area (Å²) in [6, 6.07) is 2.87. The van der Waals surface area contributed by atoms with Gasteiger partial charge in [0.2, 0.25) is 11.8 Å². The van der Waals surface area contributed by atoms with E-state index in [4.69, 9.17) is 15.2 Å². The van der Waals surface area contributed by atoms with Crippen LogP contribution in [0.4, 0.5) is 5.95 Å². The summed E-state index contributed by atoms with van der Waals surface area (Å²) in [4.78, 5) is 20.6. The van der Waals surface area contributed by atoms with E-state index in [9.17, 15) is 4.79 Å². The maximum absolute atomic E-state index is 12.0. The van der Waals surface area contributed by atoms with E-state index in [1.807, 2.05) is 13.8 Å². The van der Waals surface area contributed by atoms with E-state index in [1.165, 1.54) is 14.2 Å². The van der Waals surface area contributed by atoms with Crippen molar-refractivity contribution in [1.82, 2.24) is 14.5 Å². The van der Waals surface area contributed by atoms with Crippen molar-refractivity contribution < 1.29 is 14.3 Å². The zero-order valence-corrected chi connectivity index (χ0v) is 12.0. The number of methoxy groups -OCH3 is 2. The van der Waals surface area contributed by atoms with Crippen molar-refractivity contribution in [1.29, 1.82) is 0 Å². The highest BCUT2D eigenvalue weighted by Crippen LogP contribution is 2.28. The van der Waals surface area contributed by atoms with Crippen LogP contribution in [0, 0.1) is 5.92 Å². The number of aromatic nitrogens is 3. The molecule has 2 rings (SSSR count). The highest BCUT2D eigenvalue weighted by molar-refractivity contribution is 5.81. The molecule has 1 atom stereocenters. The second-order valence-electron chi connectivity index (χ2n) is 4.75. The quantitative estimate of drug-likeness (QED) is 0.850. The van der Waals surface area contributed by atoms with Crippen LogP contribution in [0.5, 0.6) is 5.88 Å². The van der Waals surface area contributed by atoms with Crippen LogP contribution in [-0.4, -0.2) is 34.7 Å². The van der Waals surface area contributed by atoms with Crippen molar-refractivity contribution in [3.63, 3.8) is 0 Å². The summed E-state index contributed by atoms with van der Waals surface area (Å²) in [6.07, 6.45) is 0. The van der Waals surface area contributed by atoms with E-state index < -0.39 is 6.04 Å². The van der Waals surface area contributed by atoms with Crippen molar-refractivity contribution in [2.24, 2.45) is 5.92 Å². The summed E-state index contributed by atoms with van der Waals surface area (Å²) < 4.78 is 11.6. The van der Waals surface area contributed by atoms with Crippen molar-refractivity contribution in [2.75, 3.05) is 20.0 Å². The van der Waals surface area contributed by atoms with Gasteiger partial charge in [-0.05, 0) is 12.0 Å². The minimum atomic E-state index is -0.579. The fourth-order valence-corrected chi connectivity index (χ4v) is 2.16. The third kappa shape index (κ3) is 2.26. The minimum Gasteiger partial charge on any atom is -0.481 e. The second kappa shape index (κ2) is 5.36. The number of nitrogens with zero attached hydrogens (tertiary/aromatic N) is 3. The molecule has 20 heavy (non-hydrogen) atoms. The average molecular weight is 278 g/mol. The largest absolute Gasteiger partial charge is 0.481 e. The van der Waals surface area contributed by atoms with Crippen LogP contribution in [0.25, 0.3) is 11.2 Å². The number of carbonyl (C=O) groups excluding carboxylic acids is 1. The Labute approximate surface area is 116 Å². The van der Waals surface area contributed by atoms with Crippen molar-refractivity contribution in [2.45, 2.75) is 19.9 Å². The molecule has 7 nitrogen and oxygen atoms in total. The molecular formula is C13H18N4O3.